The van der Waals surface area contributed by atoms with Gasteiger partial charge in [-0.15, -0.1) is 0 Å². The molecule has 2 heterocycles. The Labute approximate surface area is 237 Å². The van der Waals surface area contributed by atoms with Gasteiger partial charge in [0.25, 0.3) is 5.91 Å². The molecule has 1 amide bonds. The Kier molecular flexibility index (Phi) is 8.58. The summed E-state index contributed by atoms with van der Waals surface area (Å²) < 4.78 is 2.23. The Hall–Kier alpha value is -4.00. The molecule has 5 rings (SSSR count). The van der Waals surface area contributed by atoms with Crippen molar-refractivity contribution in [3.63, 3.8) is 0 Å². The minimum atomic E-state index is -0.208. The van der Waals surface area contributed by atoms with Crippen molar-refractivity contribution >= 4 is 12.1 Å². The number of hydrogen-bond donors (Lipinski definition) is 1. The second-order valence-corrected chi connectivity index (χ2v) is 10.9. The van der Waals surface area contributed by atoms with E-state index in [1.807, 2.05) is 24.3 Å². The third-order valence-electron chi connectivity index (χ3n) is 7.64. The van der Waals surface area contributed by atoms with Gasteiger partial charge in [0.1, 0.15) is 0 Å². The molecule has 0 atom stereocenters. The summed E-state index contributed by atoms with van der Waals surface area (Å²) in [6.45, 7) is 14.5. The first-order chi connectivity index (χ1) is 19.4. The molecular formula is C34H39N5O. The zero-order valence-electron chi connectivity index (χ0n) is 24.0. The maximum atomic E-state index is 12.7. The minimum Gasteiger partial charge on any atom is -0.318 e. The van der Waals surface area contributed by atoms with Crippen LogP contribution in [0.2, 0.25) is 0 Å². The van der Waals surface area contributed by atoms with Gasteiger partial charge < -0.3 is 4.57 Å². The van der Waals surface area contributed by atoms with Crippen LogP contribution < -0.4 is 5.43 Å². The smallest absolute Gasteiger partial charge is 0.271 e. The molecule has 1 saturated heterocycles. The number of piperazine rings is 1. The van der Waals surface area contributed by atoms with Gasteiger partial charge in [0, 0.05) is 67.5 Å². The van der Waals surface area contributed by atoms with Gasteiger partial charge in [-0.2, -0.15) is 5.10 Å². The van der Waals surface area contributed by atoms with Gasteiger partial charge in [-0.25, -0.2) is 5.43 Å². The van der Waals surface area contributed by atoms with E-state index in [4.69, 9.17) is 0 Å². The van der Waals surface area contributed by atoms with Crippen LogP contribution in [-0.2, 0) is 13.1 Å². The molecule has 0 radical (unpaired) electrons. The summed E-state index contributed by atoms with van der Waals surface area (Å²) in [6.07, 6.45) is 1.73. The molecule has 6 nitrogen and oxygen atoms in total. The van der Waals surface area contributed by atoms with Crippen LogP contribution in [0.15, 0.2) is 84.0 Å². The van der Waals surface area contributed by atoms with E-state index in [9.17, 15) is 4.79 Å². The van der Waals surface area contributed by atoms with Gasteiger partial charge in [-0.1, -0.05) is 48.5 Å². The van der Waals surface area contributed by atoms with Gasteiger partial charge in [0.05, 0.1) is 6.21 Å². The summed E-state index contributed by atoms with van der Waals surface area (Å²) >= 11 is 0. The first-order valence-electron chi connectivity index (χ1n) is 14.0. The number of carbonyl (C=O) groups is 1. The van der Waals surface area contributed by atoms with E-state index >= 15 is 0 Å². The first-order valence-corrected chi connectivity index (χ1v) is 14.0. The zero-order chi connectivity index (χ0) is 28.1. The molecule has 4 aromatic rings. The third-order valence-corrected chi connectivity index (χ3v) is 7.64. The second-order valence-electron chi connectivity index (χ2n) is 10.9. The van der Waals surface area contributed by atoms with Gasteiger partial charge >= 0.3 is 0 Å². The van der Waals surface area contributed by atoms with Gasteiger partial charge in [-0.05, 0) is 80.3 Å². The van der Waals surface area contributed by atoms with Crippen LogP contribution in [0.5, 0.6) is 0 Å². The van der Waals surface area contributed by atoms with Crippen molar-refractivity contribution in [2.45, 2.75) is 40.8 Å². The number of hydrazone groups is 1. The number of benzene rings is 3. The quantitative estimate of drug-likeness (QED) is 0.230. The van der Waals surface area contributed by atoms with E-state index < -0.39 is 0 Å². The molecule has 1 aliphatic rings. The van der Waals surface area contributed by atoms with Crippen LogP contribution in [-0.4, -0.2) is 52.7 Å². The van der Waals surface area contributed by atoms with Crippen LogP contribution in [0.1, 0.15) is 49.6 Å². The molecule has 3 aromatic carbocycles. The van der Waals surface area contributed by atoms with Crippen LogP contribution >= 0.6 is 0 Å². The molecule has 1 fully saturated rings. The van der Waals surface area contributed by atoms with Crippen molar-refractivity contribution in [3.8, 4) is 5.69 Å². The summed E-state index contributed by atoms with van der Waals surface area (Å²) in [7, 11) is 0. The average molecular weight is 534 g/mol. The van der Waals surface area contributed by atoms with Gasteiger partial charge in [-0.3, -0.25) is 14.6 Å². The Morgan fingerprint density at radius 2 is 1.35 bits per heavy atom. The molecule has 1 aliphatic heterocycles. The van der Waals surface area contributed by atoms with Gasteiger partial charge in [0.2, 0.25) is 0 Å². The number of rotatable bonds is 8. The maximum absolute atomic E-state index is 12.7. The SMILES string of the molecule is Cc1cc(C)cc(-n2c(C)cc(/C=N/NC(=O)c3ccc(CN4CCN(Cc5ccccc5)CC4)cc3)c2C)c1. The highest BCUT2D eigenvalue weighted by molar-refractivity contribution is 5.95. The zero-order valence-corrected chi connectivity index (χ0v) is 24.0. The maximum Gasteiger partial charge on any atom is 0.271 e. The molecule has 0 saturated carbocycles. The molecule has 0 unspecified atom stereocenters. The van der Waals surface area contributed by atoms with E-state index in [2.05, 4.69) is 107 Å². The highest BCUT2D eigenvalue weighted by Crippen LogP contribution is 2.22. The second kappa shape index (κ2) is 12.5. The van der Waals surface area contributed by atoms with Crippen LogP contribution in [0.3, 0.4) is 0 Å². The number of nitrogens with one attached hydrogen (secondary N) is 1. The Balaban J connectivity index is 1.13. The van der Waals surface area contributed by atoms with E-state index in [0.29, 0.717) is 5.56 Å². The Morgan fingerprint density at radius 3 is 1.95 bits per heavy atom. The molecule has 0 spiro atoms. The topological polar surface area (TPSA) is 52.9 Å². The van der Waals surface area contributed by atoms with Gasteiger partial charge in [0.15, 0.2) is 0 Å². The lowest BCUT2D eigenvalue weighted by atomic mass is 10.1. The molecule has 40 heavy (non-hydrogen) atoms. The van der Waals surface area contributed by atoms with Crippen LogP contribution in [0, 0.1) is 27.7 Å². The standard InChI is InChI=1S/C34H39N5O/c1-25-18-26(2)20-33(19-25)39-27(3)21-32(28(39)4)22-35-36-34(40)31-12-10-30(11-13-31)24-38-16-14-37(15-17-38)23-29-8-6-5-7-9-29/h5-13,18-22H,14-17,23-24H2,1-4H3,(H,36,40)/b35-22+. The molecule has 1 N–H and O–H groups in total. The molecule has 0 bridgehead atoms. The fourth-order valence-electron chi connectivity index (χ4n) is 5.59. The summed E-state index contributed by atoms with van der Waals surface area (Å²) in [5, 5.41) is 4.26. The molecule has 1 aromatic heterocycles. The van der Waals surface area contributed by atoms with E-state index in [0.717, 1.165) is 61.9 Å². The normalized spacial score (nSPS) is 14.6. The van der Waals surface area contributed by atoms with Crippen molar-refractivity contribution in [2.75, 3.05) is 26.2 Å². The Morgan fingerprint density at radius 1 is 0.775 bits per heavy atom. The third kappa shape index (κ3) is 6.76. The summed E-state index contributed by atoms with van der Waals surface area (Å²) in [6, 6.07) is 27.2. The number of amides is 1. The van der Waals surface area contributed by atoms with Crippen molar-refractivity contribution in [1.29, 1.82) is 0 Å². The largest absolute Gasteiger partial charge is 0.318 e. The minimum absolute atomic E-state index is 0.208. The van der Waals surface area contributed by atoms with Crippen LogP contribution in [0.4, 0.5) is 0 Å². The monoisotopic (exact) mass is 533 g/mol. The fourth-order valence-corrected chi connectivity index (χ4v) is 5.59. The van der Waals surface area contributed by atoms with E-state index in [1.165, 1.54) is 22.3 Å². The summed E-state index contributed by atoms with van der Waals surface area (Å²) in [4.78, 5) is 17.7. The number of aromatic nitrogens is 1. The first kappa shape index (κ1) is 27.6. The molecule has 6 heteroatoms. The molecular weight excluding hydrogens is 494 g/mol. The van der Waals surface area contributed by atoms with Crippen molar-refractivity contribution in [1.82, 2.24) is 19.8 Å². The predicted molar refractivity (Wildman–Crippen MR) is 163 cm³/mol. The highest BCUT2D eigenvalue weighted by Gasteiger charge is 2.17. The summed E-state index contributed by atoms with van der Waals surface area (Å²) in [5.41, 5.74) is 12.7. The highest BCUT2D eigenvalue weighted by atomic mass is 16.2. The van der Waals surface area contributed by atoms with Crippen molar-refractivity contribution < 1.29 is 4.79 Å². The number of aryl methyl sites for hydroxylation is 3. The van der Waals surface area contributed by atoms with E-state index in [1.54, 1.807) is 6.21 Å². The van der Waals surface area contributed by atoms with Crippen molar-refractivity contribution in [3.05, 3.63) is 124 Å². The predicted octanol–water partition coefficient (Wildman–Crippen LogP) is 5.79. The average Bonchev–Trinajstić information content (AvgIpc) is 3.22. The van der Waals surface area contributed by atoms with E-state index in [-0.39, 0.29) is 5.91 Å². The Bertz CT molecular complexity index is 1460. The number of hydrogen-bond acceptors (Lipinski definition) is 4. The lowest BCUT2D eigenvalue weighted by Gasteiger charge is -2.34. The molecule has 0 aliphatic carbocycles. The number of carbonyl (C=O) groups excluding carboxylic acids is 1. The van der Waals surface area contributed by atoms with Crippen molar-refractivity contribution in [2.24, 2.45) is 5.10 Å². The molecule has 206 valence electrons. The van der Waals surface area contributed by atoms with Crippen LogP contribution in [0.25, 0.3) is 5.69 Å². The fraction of sp³-hybridized carbons (Fsp3) is 0.294. The number of nitrogens with zero attached hydrogens (tertiary/aromatic N) is 4. The summed E-state index contributed by atoms with van der Waals surface area (Å²) in [5.74, 6) is -0.208. The lowest BCUT2D eigenvalue weighted by molar-refractivity contribution is 0.0955. The lowest BCUT2D eigenvalue weighted by Crippen LogP contribution is -2.45.